The molecule has 0 fully saturated rings. The van der Waals surface area contributed by atoms with Crippen LogP contribution in [0.4, 0.5) is 0 Å². The summed E-state index contributed by atoms with van der Waals surface area (Å²) in [5, 5.41) is 14.1. The maximum atomic E-state index is 12.4. The van der Waals surface area contributed by atoms with Gasteiger partial charge in [-0.2, -0.15) is 5.10 Å². The molecule has 0 atom stereocenters. The molecule has 4 rings (SSSR count). The molecule has 2 aromatic heterocycles. The number of hydrazone groups is 1. The fourth-order valence-corrected chi connectivity index (χ4v) is 3.80. The first-order chi connectivity index (χ1) is 15.6. The SMILES string of the molecule is C/C(=N/NC(=O)CSc1nnc(-c2ccncc2)n1-c1ccc(Cl)cc1)c1ccccc1. The zero-order chi connectivity index (χ0) is 22.3. The number of nitrogens with zero attached hydrogens (tertiary/aromatic N) is 5. The first-order valence-corrected chi connectivity index (χ1v) is 11.1. The highest BCUT2D eigenvalue weighted by molar-refractivity contribution is 7.99. The van der Waals surface area contributed by atoms with E-state index in [4.69, 9.17) is 11.6 Å². The number of rotatable bonds is 7. The van der Waals surface area contributed by atoms with E-state index < -0.39 is 0 Å². The Morgan fingerprint density at radius 1 is 1.03 bits per heavy atom. The van der Waals surface area contributed by atoms with Gasteiger partial charge in [-0.05, 0) is 48.9 Å². The molecule has 160 valence electrons. The second kappa shape index (κ2) is 10.2. The lowest BCUT2D eigenvalue weighted by Crippen LogP contribution is -2.21. The molecule has 0 aliphatic heterocycles. The van der Waals surface area contributed by atoms with Crippen LogP contribution >= 0.6 is 23.4 Å². The topological polar surface area (TPSA) is 85.1 Å². The normalized spacial score (nSPS) is 11.4. The van der Waals surface area contributed by atoms with Crippen LogP contribution < -0.4 is 5.43 Å². The zero-order valence-electron chi connectivity index (χ0n) is 17.1. The van der Waals surface area contributed by atoms with Gasteiger partial charge < -0.3 is 0 Å². The van der Waals surface area contributed by atoms with Gasteiger partial charge in [0, 0.05) is 28.7 Å². The van der Waals surface area contributed by atoms with E-state index in [2.05, 4.69) is 25.7 Å². The first kappa shape index (κ1) is 21.7. The maximum Gasteiger partial charge on any atom is 0.250 e. The van der Waals surface area contributed by atoms with Crippen LogP contribution in [0, 0.1) is 0 Å². The zero-order valence-corrected chi connectivity index (χ0v) is 18.7. The molecule has 2 aromatic carbocycles. The smallest absolute Gasteiger partial charge is 0.250 e. The number of carbonyl (C=O) groups is 1. The lowest BCUT2D eigenvalue weighted by atomic mass is 10.1. The Balaban J connectivity index is 1.53. The standard InChI is InChI=1S/C23H19ClN6OS/c1-16(17-5-3-2-4-6-17)26-27-21(31)15-32-23-29-28-22(18-11-13-25-14-12-18)30(23)20-9-7-19(24)8-10-20/h2-14H,15H2,1H3,(H,27,31)/b26-16-. The molecule has 1 amide bonds. The Hall–Kier alpha value is -3.49. The minimum Gasteiger partial charge on any atom is -0.272 e. The molecule has 32 heavy (non-hydrogen) atoms. The third-order valence-electron chi connectivity index (χ3n) is 4.53. The van der Waals surface area contributed by atoms with Crippen molar-refractivity contribution in [3.05, 3.63) is 89.7 Å². The predicted octanol–water partition coefficient (Wildman–Crippen LogP) is 4.62. The van der Waals surface area contributed by atoms with Crippen molar-refractivity contribution >= 4 is 35.0 Å². The molecule has 0 aliphatic rings. The second-order valence-electron chi connectivity index (χ2n) is 6.74. The Morgan fingerprint density at radius 2 is 1.75 bits per heavy atom. The highest BCUT2D eigenvalue weighted by Crippen LogP contribution is 2.28. The van der Waals surface area contributed by atoms with Crippen molar-refractivity contribution in [1.82, 2.24) is 25.2 Å². The predicted molar refractivity (Wildman–Crippen MR) is 127 cm³/mol. The van der Waals surface area contributed by atoms with Crippen LogP contribution in [0.5, 0.6) is 0 Å². The summed E-state index contributed by atoms with van der Waals surface area (Å²) in [7, 11) is 0. The number of nitrogens with one attached hydrogen (secondary N) is 1. The Kier molecular flexibility index (Phi) is 6.94. The molecule has 7 nitrogen and oxygen atoms in total. The van der Waals surface area contributed by atoms with Crippen molar-refractivity contribution in [3.63, 3.8) is 0 Å². The van der Waals surface area contributed by atoms with Crippen LogP contribution in [0.1, 0.15) is 12.5 Å². The van der Waals surface area contributed by atoms with Crippen LogP contribution in [-0.4, -0.2) is 37.1 Å². The molecular formula is C23H19ClN6OS. The number of hydrogen-bond acceptors (Lipinski definition) is 6. The molecule has 0 saturated heterocycles. The highest BCUT2D eigenvalue weighted by Gasteiger charge is 2.17. The average molecular weight is 463 g/mol. The van der Waals surface area contributed by atoms with Gasteiger partial charge >= 0.3 is 0 Å². The molecule has 0 radical (unpaired) electrons. The summed E-state index contributed by atoms with van der Waals surface area (Å²) in [6.45, 7) is 1.85. The van der Waals surface area contributed by atoms with E-state index in [9.17, 15) is 4.79 Å². The fraction of sp³-hybridized carbons (Fsp3) is 0.0870. The van der Waals surface area contributed by atoms with Crippen molar-refractivity contribution in [2.75, 3.05) is 5.75 Å². The summed E-state index contributed by atoms with van der Waals surface area (Å²) < 4.78 is 1.89. The second-order valence-corrected chi connectivity index (χ2v) is 8.12. The summed E-state index contributed by atoms with van der Waals surface area (Å²) in [6, 6.07) is 20.8. The Morgan fingerprint density at radius 3 is 2.47 bits per heavy atom. The quantitative estimate of drug-likeness (QED) is 0.246. The number of benzene rings is 2. The molecule has 4 aromatic rings. The van der Waals surface area contributed by atoms with Gasteiger partial charge in [-0.15, -0.1) is 10.2 Å². The minimum atomic E-state index is -0.235. The van der Waals surface area contributed by atoms with Crippen molar-refractivity contribution in [2.24, 2.45) is 5.10 Å². The van der Waals surface area contributed by atoms with Gasteiger partial charge in [-0.3, -0.25) is 14.3 Å². The van der Waals surface area contributed by atoms with Crippen LogP contribution in [-0.2, 0) is 4.79 Å². The molecule has 0 aliphatic carbocycles. The van der Waals surface area contributed by atoms with E-state index in [1.165, 1.54) is 11.8 Å². The van der Waals surface area contributed by atoms with Crippen LogP contribution in [0.15, 0.2) is 89.4 Å². The maximum absolute atomic E-state index is 12.4. The number of halogens is 1. The lowest BCUT2D eigenvalue weighted by Gasteiger charge is -2.10. The van der Waals surface area contributed by atoms with E-state index in [-0.39, 0.29) is 11.7 Å². The van der Waals surface area contributed by atoms with Crippen LogP contribution in [0.2, 0.25) is 5.02 Å². The van der Waals surface area contributed by atoms with Gasteiger partial charge in [0.15, 0.2) is 11.0 Å². The highest BCUT2D eigenvalue weighted by atomic mass is 35.5. The molecule has 2 heterocycles. The summed E-state index contributed by atoms with van der Waals surface area (Å²) in [5.41, 5.74) is 5.98. The number of amides is 1. The number of hydrogen-bond donors (Lipinski definition) is 1. The first-order valence-electron chi connectivity index (χ1n) is 9.75. The van der Waals surface area contributed by atoms with Crippen molar-refractivity contribution in [1.29, 1.82) is 0 Å². The summed E-state index contributed by atoms with van der Waals surface area (Å²) >= 11 is 7.33. The van der Waals surface area contributed by atoms with E-state index in [1.807, 2.05) is 66.1 Å². The molecule has 0 saturated carbocycles. The van der Waals surface area contributed by atoms with Gasteiger partial charge in [0.2, 0.25) is 0 Å². The summed E-state index contributed by atoms with van der Waals surface area (Å²) in [5.74, 6) is 0.546. The molecular weight excluding hydrogens is 444 g/mol. The van der Waals surface area contributed by atoms with Gasteiger partial charge in [0.1, 0.15) is 0 Å². The fourth-order valence-electron chi connectivity index (χ4n) is 2.93. The van der Waals surface area contributed by atoms with Crippen molar-refractivity contribution in [3.8, 4) is 17.1 Å². The van der Waals surface area contributed by atoms with Crippen LogP contribution in [0.3, 0.4) is 0 Å². The third kappa shape index (κ3) is 5.22. The van der Waals surface area contributed by atoms with Gasteiger partial charge in [-0.25, -0.2) is 5.43 Å². The lowest BCUT2D eigenvalue weighted by molar-refractivity contribution is -0.118. The molecule has 0 spiro atoms. The molecule has 0 bridgehead atoms. The van der Waals surface area contributed by atoms with E-state index in [0.29, 0.717) is 16.0 Å². The number of carbonyl (C=O) groups excluding carboxylic acids is 1. The minimum absolute atomic E-state index is 0.133. The average Bonchev–Trinajstić information content (AvgIpc) is 3.27. The molecule has 0 unspecified atom stereocenters. The van der Waals surface area contributed by atoms with E-state index in [1.54, 1.807) is 24.5 Å². The summed E-state index contributed by atoms with van der Waals surface area (Å²) in [6.07, 6.45) is 3.40. The number of aromatic nitrogens is 4. The van der Waals surface area contributed by atoms with Crippen molar-refractivity contribution in [2.45, 2.75) is 12.1 Å². The Labute approximate surface area is 194 Å². The number of thioether (sulfide) groups is 1. The van der Waals surface area contributed by atoms with Crippen LogP contribution in [0.25, 0.3) is 17.1 Å². The number of pyridine rings is 1. The van der Waals surface area contributed by atoms with E-state index >= 15 is 0 Å². The van der Waals surface area contributed by atoms with Gasteiger partial charge in [0.25, 0.3) is 5.91 Å². The monoisotopic (exact) mass is 462 g/mol. The largest absolute Gasteiger partial charge is 0.272 e. The van der Waals surface area contributed by atoms with E-state index in [0.717, 1.165) is 22.5 Å². The molecule has 1 N–H and O–H groups in total. The van der Waals surface area contributed by atoms with Gasteiger partial charge in [-0.1, -0.05) is 53.7 Å². The molecule has 9 heteroatoms. The van der Waals surface area contributed by atoms with Gasteiger partial charge in [0.05, 0.1) is 11.5 Å². The summed E-state index contributed by atoms with van der Waals surface area (Å²) in [4.78, 5) is 16.5. The third-order valence-corrected chi connectivity index (χ3v) is 5.71. The van der Waals surface area contributed by atoms with Crippen molar-refractivity contribution < 1.29 is 4.79 Å². The Bertz CT molecular complexity index is 1230.